The maximum absolute atomic E-state index is 12.5. The molecular formula is C20H18BrIN4O2S. The van der Waals surface area contributed by atoms with Gasteiger partial charge in [-0.1, -0.05) is 39.8 Å². The summed E-state index contributed by atoms with van der Waals surface area (Å²) >= 11 is 6.99. The highest BCUT2D eigenvalue weighted by Crippen LogP contribution is 2.24. The largest absolute Gasteiger partial charge is 0.356 e. The average molecular weight is 585 g/mol. The van der Waals surface area contributed by atoms with E-state index in [1.807, 2.05) is 41.0 Å². The SMILES string of the molecule is CC(=O)NCCc1nnc(SCC(=O)c2ccc(Br)cc2)n1-c1ccc(I)cc1. The predicted molar refractivity (Wildman–Crippen MR) is 126 cm³/mol. The molecule has 0 radical (unpaired) electrons. The van der Waals surface area contributed by atoms with Gasteiger partial charge in [-0.05, 0) is 59.0 Å². The van der Waals surface area contributed by atoms with Crippen LogP contribution in [0.1, 0.15) is 23.1 Å². The van der Waals surface area contributed by atoms with Crippen LogP contribution >= 0.6 is 50.3 Å². The number of carbonyl (C=O) groups is 2. The van der Waals surface area contributed by atoms with E-state index in [1.165, 1.54) is 18.7 Å². The van der Waals surface area contributed by atoms with Gasteiger partial charge in [0.1, 0.15) is 5.82 Å². The fourth-order valence-electron chi connectivity index (χ4n) is 2.60. The summed E-state index contributed by atoms with van der Waals surface area (Å²) in [6, 6.07) is 15.3. The molecule has 0 aliphatic carbocycles. The van der Waals surface area contributed by atoms with E-state index < -0.39 is 0 Å². The third-order valence-corrected chi connectivity index (χ3v) is 6.18. The summed E-state index contributed by atoms with van der Waals surface area (Å²) < 4.78 is 4.00. The van der Waals surface area contributed by atoms with Crippen molar-refractivity contribution < 1.29 is 9.59 Å². The first-order valence-electron chi connectivity index (χ1n) is 8.80. The van der Waals surface area contributed by atoms with Crippen molar-refractivity contribution in [1.82, 2.24) is 20.1 Å². The van der Waals surface area contributed by atoms with Gasteiger partial charge in [-0.3, -0.25) is 14.2 Å². The lowest BCUT2D eigenvalue weighted by Crippen LogP contribution is -2.23. The summed E-state index contributed by atoms with van der Waals surface area (Å²) in [5.41, 5.74) is 1.58. The van der Waals surface area contributed by atoms with Crippen LogP contribution in [0.2, 0.25) is 0 Å². The summed E-state index contributed by atoms with van der Waals surface area (Å²) in [6.45, 7) is 1.96. The molecule has 0 spiro atoms. The van der Waals surface area contributed by atoms with Gasteiger partial charge in [0.25, 0.3) is 0 Å². The van der Waals surface area contributed by atoms with Crippen molar-refractivity contribution in [2.75, 3.05) is 12.3 Å². The predicted octanol–water partition coefficient (Wildman–Crippen LogP) is 4.29. The Labute approximate surface area is 195 Å². The molecule has 6 nitrogen and oxygen atoms in total. The number of halogens is 2. The van der Waals surface area contributed by atoms with Crippen molar-refractivity contribution >= 4 is 62.0 Å². The highest BCUT2D eigenvalue weighted by molar-refractivity contribution is 14.1. The molecule has 0 unspecified atom stereocenters. The number of benzene rings is 2. The van der Waals surface area contributed by atoms with E-state index in [9.17, 15) is 9.59 Å². The van der Waals surface area contributed by atoms with Gasteiger partial charge in [0.05, 0.1) is 5.75 Å². The Bertz CT molecular complexity index is 1010. The van der Waals surface area contributed by atoms with E-state index in [-0.39, 0.29) is 17.4 Å². The number of amides is 1. The van der Waals surface area contributed by atoms with Gasteiger partial charge in [0.15, 0.2) is 10.9 Å². The molecule has 0 aliphatic rings. The number of nitrogens with one attached hydrogen (secondary N) is 1. The van der Waals surface area contributed by atoms with Crippen LogP contribution in [0.4, 0.5) is 0 Å². The average Bonchev–Trinajstić information content (AvgIpc) is 3.10. The molecule has 0 saturated carbocycles. The zero-order valence-corrected chi connectivity index (χ0v) is 20.1. The minimum Gasteiger partial charge on any atom is -0.356 e. The molecule has 29 heavy (non-hydrogen) atoms. The van der Waals surface area contributed by atoms with Gasteiger partial charge in [0.2, 0.25) is 5.91 Å². The smallest absolute Gasteiger partial charge is 0.216 e. The van der Waals surface area contributed by atoms with Gasteiger partial charge in [0, 0.05) is 39.2 Å². The molecule has 9 heteroatoms. The molecule has 1 heterocycles. The van der Waals surface area contributed by atoms with Crippen LogP contribution in [0.25, 0.3) is 5.69 Å². The Morgan fingerprint density at radius 2 is 1.79 bits per heavy atom. The van der Waals surface area contributed by atoms with Crippen LogP contribution in [0.5, 0.6) is 0 Å². The Kier molecular flexibility index (Phi) is 7.84. The minimum atomic E-state index is -0.0833. The van der Waals surface area contributed by atoms with Crippen LogP contribution in [-0.2, 0) is 11.2 Å². The Morgan fingerprint density at radius 1 is 1.10 bits per heavy atom. The van der Waals surface area contributed by atoms with Gasteiger partial charge in [-0.2, -0.15) is 0 Å². The first kappa shape index (κ1) is 22.0. The third kappa shape index (κ3) is 6.13. The van der Waals surface area contributed by atoms with E-state index >= 15 is 0 Å². The van der Waals surface area contributed by atoms with Crippen molar-refractivity contribution in [3.8, 4) is 5.69 Å². The van der Waals surface area contributed by atoms with E-state index in [1.54, 1.807) is 12.1 Å². The fourth-order valence-corrected chi connectivity index (χ4v) is 4.09. The molecule has 0 fully saturated rings. The highest BCUT2D eigenvalue weighted by Gasteiger charge is 2.16. The first-order valence-corrected chi connectivity index (χ1v) is 11.7. The number of Topliss-reactive ketones (excluding diaryl/α,β-unsaturated/α-hetero) is 1. The topological polar surface area (TPSA) is 76.9 Å². The van der Waals surface area contributed by atoms with E-state index in [0.29, 0.717) is 23.7 Å². The fraction of sp³-hybridized carbons (Fsp3) is 0.200. The van der Waals surface area contributed by atoms with E-state index in [0.717, 1.165) is 19.6 Å². The van der Waals surface area contributed by atoms with Crippen molar-refractivity contribution in [3.63, 3.8) is 0 Å². The second-order valence-corrected chi connectivity index (χ2v) is 9.27. The molecule has 0 atom stereocenters. The highest BCUT2D eigenvalue weighted by atomic mass is 127. The monoisotopic (exact) mass is 584 g/mol. The van der Waals surface area contributed by atoms with Gasteiger partial charge in [-0.25, -0.2) is 0 Å². The summed E-state index contributed by atoms with van der Waals surface area (Å²) in [6.07, 6.45) is 0.541. The van der Waals surface area contributed by atoms with Gasteiger partial charge >= 0.3 is 0 Å². The second-order valence-electron chi connectivity index (χ2n) is 6.16. The number of ketones is 1. The Hall–Kier alpha value is -1.72. The molecule has 150 valence electrons. The quantitative estimate of drug-likeness (QED) is 0.243. The van der Waals surface area contributed by atoms with Gasteiger partial charge < -0.3 is 5.32 Å². The maximum atomic E-state index is 12.5. The summed E-state index contributed by atoms with van der Waals surface area (Å²) in [4.78, 5) is 23.7. The molecule has 2 aromatic carbocycles. The number of nitrogens with zero attached hydrogens (tertiary/aromatic N) is 3. The summed E-state index contributed by atoms with van der Waals surface area (Å²) in [5, 5.41) is 12.0. The van der Waals surface area contributed by atoms with Crippen molar-refractivity contribution in [2.24, 2.45) is 0 Å². The Balaban J connectivity index is 1.80. The number of thioether (sulfide) groups is 1. The molecule has 1 amide bonds. The molecule has 0 aliphatic heterocycles. The zero-order chi connectivity index (χ0) is 20.8. The van der Waals surface area contributed by atoms with Gasteiger partial charge in [-0.15, -0.1) is 10.2 Å². The lowest BCUT2D eigenvalue weighted by molar-refractivity contribution is -0.118. The molecule has 1 N–H and O–H groups in total. The Morgan fingerprint density at radius 3 is 2.45 bits per heavy atom. The van der Waals surface area contributed by atoms with Crippen molar-refractivity contribution in [2.45, 2.75) is 18.5 Å². The van der Waals surface area contributed by atoms with E-state index in [4.69, 9.17) is 0 Å². The molecule has 0 saturated heterocycles. The first-order chi connectivity index (χ1) is 13.9. The summed E-state index contributed by atoms with van der Waals surface area (Å²) in [5.74, 6) is 0.938. The number of carbonyl (C=O) groups excluding carboxylic acids is 2. The minimum absolute atomic E-state index is 0.0273. The maximum Gasteiger partial charge on any atom is 0.216 e. The number of rotatable bonds is 8. The molecule has 1 aromatic heterocycles. The third-order valence-electron chi connectivity index (χ3n) is 4.01. The number of hydrogen-bond acceptors (Lipinski definition) is 5. The lowest BCUT2D eigenvalue weighted by Gasteiger charge is -2.10. The summed E-state index contributed by atoms with van der Waals surface area (Å²) in [7, 11) is 0. The van der Waals surface area contributed by atoms with Crippen molar-refractivity contribution in [1.29, 1.82) is 0 Å². The molecule has 3 rings (SSSR count). The molecule has 0 bridgehead atoms. The zero-order valence-electron chi connectivity index (χ0n) is 15.6. The molecular weight excluding hydrogens is 567 g/mol. The molecule has 3 aromatic rings. The van der Waals surface area contributed by atoms with Crippen LogP contribution < -0.4 is 5.32 Å². The number of aromatic nitrogens is 3. The lowest BCUT2D eigenvalue weighted by atomic mass is 10.2. The van der Waals surface area contributed by atoms with Crippen LogP contribution in [-0.4, -0.2) is 38.8 Å². The number of hydrogen-bond donors (Lipinski definition) is 1. The van der Waals surface area contributed by atoms with Crippen molar-refractivity contribution in [3.05, 3.63) is 68.0 Å². The van der Waals surface area contributed by atoms with Crippen LogP contribution in [0.3, 0.4) is 0 Å². The van der Waals surface area contributed by atoms with Crippen LogP contribution in [0, 0.1) is 3.57 Å². The standard InChI is InChI=1S/C20H18BrIN4O2S/c1-13(27)23-11-10-19-24-25-20(26(19)17-8-6-16(22)7-9-17)29-12-18(28)14-2-4-15(21)5-3-14/h2-9H,10-12H2,1H3,(H,23,27). The normalized spacial score (nSPS) is 10.7. The van der Waals surface area contributed by atoms with Crippen LogP contribution in [0.15, 0.2) is 58.2 Å². The van der Waals surface area contributed by atoms with E-state index in [2.05, 4.69) is 54.0 Å². The second kappa shape index (κ2) is 10.4.